The SMILES string of the molecule is Cc1ccc(C(=O)NC(CC(=O)NCC2CCCN2)c2ccccc2)cc1.Cl. The Hall–Kier alpha value is -2.37. The van der Waals surface area contributed by atoms with Crippen molar-refractivity contribution in [1.82, 2.24) is 16.0 Å². The van der Waals surface area contributed by atoms with Crippen LogP contribution < -0.4 is 16.0 Å². The molecule has 2 unspecified atom stereocenters. The topological polar surface area (TPSA) is 70.2 Å². The molecule has 0 aromatic heterocycles. The molecule has 5 nitrogen and oxygen atoms in total. The molecule has 28 heavy (non-hydrogen) atoms. The van der Waals surface area contributed by atoms with Crippen molar-refractivity contribution in [3.63, 3.8) is 0 Å². The van der Waals surface area contributed by atoms with Crippen LogP contribution in [0, 0.1) is 6.92 Å². The van der Waals surface area contributed by atoms with Crippen LogP contribution in [0.4, 0.5) is 0 Å². The molecule has 0 radical (unpaired) electrons. The normalized spacial score (nSPS) is 16.7. The van der Waals surface area contributed by atoms with E-state index in [4.69, 9.17) is 0 Å². The predicted octanol–water partition coefficient (Wildman–Crippen LogP) is 3.15. The van der Waals surface area contributed by atoms with Gasteiger partial charge in [0.25, 0.3) is 5.91 Å². The molecule has 2 amide bonds. The van der Waals surface area contributed by atoms with Gasteiger partial charge in [0.15, 0.2) is 0 Å². The highest BCUT2D eigenvalue weighted by Crippen LogP contribution is 2.18. The zero-order chi connectivity index (χ0) is 19.1. The van der Waals surface area contributed by atoms with E-state index in [9.17, 15) is 9.59 Å². The van der Waals surface area contributed by atoms with Gasteiger partial charge in [-0.2, -0.15) is 0 Å². The van der Waals surface area contributed by atoms with Gasteiger partial charge in [-0.1, -0.05) is 48.0 Å². The number of nitrogens with one attached hydrogen (secondary N) is 3. The van der Waals surface area contributed by atoms with Crippen LogP contribution in [0.25, 0.3) is 0 Å². The molecular formula is C22H28ClN3O2. The van der Waals surface area contributed by atoms with E-state index in [1.165, 1.54) is 0 Å². The molecule has 2 atom stereocenters. The minimum atomic E-state index is -0.364. The van der Waals surface area contributed by atoms with Crippen molar-refractivity contribution >= 4 is 24.2 Å². The maximum Gasteiger partial charge on any atom is 0.251 e. The molecule has 1 saturated heterocycles. The number of halogens is 1. The zero-order valence-corrected chi connectivity index (χ0v) is 16.9. The lowest BCUT2D eigenvalue weighted by molar-refractivity contribution is -0.121. The van der Waals surface area contributed by atoms with Crippen LogP contribution in [0.1, 0.15) is 46.8 Å². The number of amides is 2. The third kappa shape index (κ3) is 6.36. The Morgan fingerprint density at radius 3 is 2.46 bits per heavy atom. The zero-order valence-electron chi connectivity index (χ0n) is 16.1. The molecular weight excluding hydrogens is 374 g/mol. The number of carbonyl (C=O) groups is 2. The lowest BCUT2D eigenvalue weighted by Gasteiger charge is -2.20. The monoisotopic (exact) mass is 401 g/mol. The smallest absolute Gasteiger partial charge is 0.251 e. The summed E-state index contributed by atoms with van der Waals surface area (Å²) in [5.41, 5.74) is 2.62. The summed E-state index contributed by atoms with van der Waals surface area (Å²) in [7, 11) is 0. The molecule has 1 heterocycles. The largest absolute Gasteiger partial charge is 0.354 e. The summed E-state index contributed by atoms with van der Waals surface area (Å²) in [5.74, 6) is -0.226. The van der Waals surface area contributed by atoms with Crippen molar-refractivity contribution in [2.75, 3.05) is 13.1 Å². The van der Waals surface area contributed by atoms with Crippen LogP contribution in [-0.4, -0.2) is 30.9 Å². The van der Waals surface area contributed by atoms with Gasteiger partial charge in [-0.05, 0) is 44.0 Å². The number of rotatable bonds is 7. The second kappa shape index (κ2) is 10.8. The van der Waals surface area contributed by atoms with Gasteiger partial charge in [-0.15, -0.1) is 12.4 Å². The lowest BCUT2D eigenvalue weighted by atomic mass is 10.0. The van der Waals surface area contributed by atoms with Gasteiger partial charge in [0, 0.05) is 18.2 Å². The average molecular weight is 402 g/mol. The van der Waals surface area contributed by atoms with Crippen molar-refractivity contribution in [3.05, 3.63) is 71.3 Å². The maximum absolute atomic E-state index is 12.6. The number of carbonyl (C=O) groups excluding carboxylic acids is 2. The van der Waals surface area contributed by atoms with Gasteiger partial charge in [0.1, 0.15) is 0 Å². The highest BCUT2D eigenvalue weighted by Gasteiger charge is 2.20. The number of benzene rings is 2. The Labute approximate surface area is 172 Å². The molecule has 0 aliphatic carbocycles. The Kier molecular flexibility index (Phi) is 8.48. The van der Waals surface area contributed by atoms with Gasteiger partial charge >= 0.3 is 0 Å². The molecule has 0 bridgehead atoms. The molecule has 1 fully saturated rings. The van der Waals surface area contributed by atoms with Crippen LogP contribution in [0.5, 0.6) is 0 Å². The minimum Gasteiger partial charge on any atom is -0.354 e. The third-order valence-electron chi connectivity index (χ3n) is 4.92. The van der Waals surface area contributed by atoms with Gasteiger partial charge in [-0.3, -0.25) is 9.59 Å². The van der Waals surface area contributed by atoms with Crippen molar-refractivity contribution in [2.45, 2.75) is 38.3 Å². The first-order valence-corrected chi connectivity index (χ1v) is 9.54. The first kappa shape index (κ1) is 21.9. The molecule has 6 heteroatoms. The van der Waals surface area contributed by atoms with Crippen LogP contribution in [0.3, 0.4) is 0 Å². The van der Waals surface area contributed by atoms with Crippen LogP contribution >= 0.6 is 12.4 Å². The Bertz CT molecular complexity index is 759. The van der Waals surface area contributed by atoms with E-state index < -0.39 is 0 Å². The van der Waals surface area contributed by atoms with Gasteiger partial charge in [0.05, 0.1) is 12.5 Å². The summed E-state index contributed by atoms with van der Waals surface area (Å²) in [5, 5.41) is 9.38. The fourth-order valence-corrected chi connectivity index (χ4v) is 3.31. The molecule has 150 valence electrons. The van der Waals surface area contributed by atoms with E-state index in [0.29, 0.717) is 18.2 Å². The summed E-state index contributed by atoms with van der Waals surface area (Å²) in [6.45, 7) is 3.63. The predicted molar refractivity (Wildman–Crippen MR) is 114 cm³/mol. The average Bonchev–Trinajstić information content (AvgIpc) is 3.21. The van der Waals surface area contributed by atoms with E-state index in [1.807, 2.05) is 49.4 Å². The third-order valence-corrected chi connectivity index (χ3v) is 4.92. The molecule has 3 N–H and O–H groups in total. The highest BCUT2D eigenvalue weighted by molar-refractivity contribution is 5.94. The van der Waals surface area contributed by atoms with E-state index >= 15 is 0 Å². The van der Waals surface area contributed by atoms with Crippen molar-refractivity contribution in [2.24, 2.45) is 0 Å². The van der Waals surface area contributed by atoms with E-state index in [2.05, 4.69) is 16.0 Å². The molecule has 1 aliphatic rings. The standard InChI is InChI=1S/C22H27N3O2.ClH/c1-16-9-11-18(12-10-16)22(27)25-20(17-6-3-2-4-7-17)14-21(26)24-15-19-8-5-13-23-19;/h2-4,6-7,9-12,19-20,23H,5,8,13-15H2,1H3,(H,24,26)(H,25,27);1H. The second-order valence-corrected chi connectivity index (χ2v) is 7.10. The van der Waals surface area contributed by atoms with E-state index in [1.54, 1.807) is 12.1 Å². The Morgan fingerprint density at radius 1 is 1.11 bits per heavy atom. The fraction of sp³-hybridized carbons (Fsp3) is 0.364. The van der Waals surface area contributed by atoms with Gasteiger partial charge in [-0.25, -0.2) is 0 Å². The number of hydrogen-bond acceptors (Lipinski definition) is 3. The first-order valence-electron chi connectivity index (χ1n) is 9.54. The highest BCUT2D eigenvalue weighted by atomic mass is 35.5. The van der Waals surface area contributed by atoms with Gasteiger partial charge in [0.2, 0.25) is 5.91 Å². The van der Waals surface area contributed by atoms with E-state index in [0.717, 1.165) is 30.5 Å². The summed E-state index contributed by atoms with van der Waals surface area (Å²) in [6.07, 6.45) is 2.46. The van der Waals surface area contributed by atoms with Crippen LogP contribution in [-0.2, 0) is 4.79 Å². The first-order chi connectivity index (χ1) is 13.1. The van der Waals surface area contributed by atoms with Crippen LogP contribution in [0.15, 0.2) is 54.6 Å². The Balaban J connectivity index is 0.00000280. The quantitative estimate of drug-likeness (QED) is 0.667. The van der Waals surface area contributed by atoms with Crippen molar-refractivity contribution in [3.8, 4) is 0 Å². The number of aryl methyl sites for hydroxylation is 1. The minimum absolute atomic E-state index is 0. The summed E-state index contributed by atoms with van der Waals surface area (Å²) in [4.78, 5) is 25.1. The summed E-state index contributed by atoms with van der Waals surface area (Å²) < 4.78 is 0. The Morgan fingerprint density at radius 2 is 1.82 bits per heavy atom. The van der Waals surface area contributed by atoms with Gasteiger partial charge < -0.3 is 16.0 Å². The lowest BCUT2D eigenvalue weighted by Crippen LogP contribution is -2.39. The summed E-state index contributed by atoms with van der Waals surface area (Å²) in [6, 6.07) is 17.1. The summed E-state index contributed by atoms with van der Waals surface area (Å²) >= 11 is 0. The van der Waals surface area contributed by atoms with Crippen molar-refractivity contribution in [1.29, 1.82) is 0 Å². The van der Waals surface area contributed by atoms with E-state index in [-0.39, 0.29) is 36.7 Å². The molecule has 0 spiro atoms. The number of hydrogen-bond donors (Lipinski definition) is 3. The molecule has 2 aromatic rings. The molecule has 3 rings (SSSR count). The molecule has 2 aromatic carbocycles. The maximum atomic E-state index is 12.6. The van der Waals surface area contributed by atoms with Crippen LogP contribution in [0.2, 0.25) is 0 Å². The second-order valence-electron chi connectivity index (χ2n) is 7.10. The molecule has 1 aliphatic heterocycles. The van der Waals surface area contributed by atoms with Crippen molar-refractivity contribution < 1.29 is 9.59 Å². The molecule has 0 saturated carbocycles. The fourth-order valence-electron chi connectivity index (χ4n) is 3.31.